The number of nitrogens with two attached hydrogens (primary N) is 1. The van der Waals surface area contributed by atoms with Gasteiger partial charge in [0, 0.05) is 43.8 Å². The van der Waals surface area contributed by atoms with Crippen molar-refractivity contribution in [3.05, 3.63) is 0 Å². The molecule has 44 valence electrons. The first-order valence-corrected chi connectivity index (χ1v) is 3.15. The maximum absolute atomic E-state index is 5.63. The quantitative estimate of drug-likeness (QED) is 0.496. The largest absolute Gasteiger partial charge is 0.328 e. The standard InChI is InChI=1S/C6H13N.Ca/c7-6-4-2-1-3-5-6;/h6H,1-5,7H2;. The Bertz CT molecular complexity index is 50.5. The summed E-state index contributed by atoms with van der Waals surface area (Å²) in [4.78, 5) is 0. The minimum atomic E-state index is 0. The molecule has 0 unspecified atom stereocenters. The van der Waals surface area contributed by atoms with Gasteiger partial charge < -0.3 is 5.73 Å². The molecule has 0 amide bonds. The summed E-state index contributed by atoms with van der Waals surface area (Å²) in [5.41, 5.74) is 5.63. The van der Waals surface area contributed by atoms with Crippen LogP contribution >= 0.6 is 0 Å². The molecule has 2 radical (unpaired) electrons. The topological polar surface area (TPSA) is 26.0 Å². The van der Waals surface area contributed by atoms with Crippen LogP contribution in [0.1, 0.15) is 32.1 Å². The van der Waals surface area contributed by atoms with Gasteiger partial charge in [-0.3, -0.25) is 0 Å². The first-order valence-electron chi connectivity index (χ1n) is 3.15. The van der Waals surface area contributed by atoms with Gasteiger partial charge in [-0.2, -0.15) is 0 Å². The third kappa shape index (κ3) is 3.29. The Morgan fingerprint density at radius 3 is 1.75 bits per heavy atom. The van der Waals surface area contributed by atoms with Crippen LogP contribution < -0.4 is 5.73 Å². The van der Waals surface area contributed by atoms with E-state index in [2.05, 4.69) is 0 Å². The van der Waals surface area contributed by atoms with Crippen LogP contribution in [0.5, 0.6) is 0 Å². The summed E-state index contributed by atoms with van der Waals surface area (Å²) in [6.07, 6.45) is 6.66. The molecular formula is C6H13CaN. The molecule has 0 saturated heterocycles. The second-order valence-electron chi connectivity index (χ2n) is 2.40. The van der Waals surface area contributed by atoms with Gasteiger partial charge in [0.1, 0.15) is 0 Å². The molecule has 1 fully saturated rings. The van der Waals surface area contributed by atoms with Gasteiger partial charge in [-0.05, 0) is 12.8 Å². The molecule has 0 aromatic heterocycles. The molecule has 0 aromatic rings. The SMILES string of the molecule is NC1CCCCC1.[Ca]. The first kappa shape index (κ1) is 9.22. The first-order chi connectivity index (χ1) is 3.39. The molecule has 8 heavy (non-hydrogen) atoms. The van der Waals surface area contributed by atoms with Crippen LogP contribution in [0.2, 0.25) is 0 Å². The van der Waals surface area contributed by atoms with E-state index >= 15 is 0 Å². The summed E-state index contributed by atoms with van der Waals surface area (Å²) in [6.45, 7) is 0. The molecule has 0 aromatic carbocycles. The fraction of sp³-hybridized carbons (Fsp3) is 1.00. The smallest absolute Gasteiger partial charge is 0.00388 e. The average molecular weight is 139 g/mol. The van der Waals surface area contributed by atoms with E-state index < -0.39 is 0 Å². The molecule has 1 nitrogen and oxygen atoms in total. The second kappa shape index (κ2) is 5.04. The normalized spacial score (nSPS) is 22.1. The van der Waals surface area contributed by atoms with Gasteiger partial charge in [0.05, 0.1) is 0 Å². The zero-order chi connectivity index (χ0) is 5.11. The molecule has 1 aliphatic carbocycles. The number of hydrogen-bond donors (Lipinski definition) is 1. The van der Waals surface area contributed by atoms with Crippen LogP contribution in [0, 0.1) is 0 Å². The van der Waals surface area contributed by atoms with Crippen molar-refractivity contribution in [2.24, 2.45) is 5.73 Å². The molecule has 0 atom stereocenters. The minimum absolute atomic E-state index is 0. The van der Waals surface area contributed by atoms with Crippen LogP contribution in [0.4, 0.5) is 0 Å². The number of rotatable bonds is 0. The van der Waals surface area contributed by atoms with Crippen molar-refractivity contribution in [1.82, 2.24) is 0 Å². The Morgan fingerprint density at radius 2 is 1.50 bits per heavy atom. The van der Waals surface area contributed by atoms with E-state index in [-0.39, 0.29) is 37.7 Å². The Hall–Kier alpha value is 1.22. The molecule has 1 saturated carbocycles. The van der Waals surface area contributed by atoms with Crippen molar-refractivity contribution >= 4 is 37.7 Å². The van der Waals surface area contributed by atoms with Gasteiger partial charge in [-0.25, -0.2) is 0 Å². The average Bonchev–Trinajstić information content (AvgIpc) is 1.69. The summed E-state index contributed by atoms with van der Waals surface area (Å²) in [5, 5.41) is 0. The van der Waals surface area contributed by atoms with Gasteiger partial charge in [0.15, 0.2) is 0 Å². The van der Waals surface area contributed by atoms with Crippen molar-refractivity contribution in [2.75, 3.05) is 0 Å². The van der Waals surface area contributed by atoms with E-state index in [9.17, 15) is 0 Å². The van der Waals surface area contributed by atoms with E-state index in [0.29, 0.717) is 6.04 Å². The molecule has 0 bridgehead atoms. The molecule has 0 spiro atoms. The molecular weight excluding hydrogens is 126 g/mol. The van der Waals surface area contributed by atoms with E-state index in [0.717, 1.165) is 0 Å². The van der Waals surface area contributed by atoms with Crippen LogP contribution in [-0.2, 0) is 0 Å². The Kier molecular flexibility index (Phi) is 5.81. The maximum atomic E-state index is 5.63. The van der Waals surface area contributed by atoms with E-state index in [1.165, 1.54) is 32.1 Å². The monoisotopic (exact) mass is 139 g/mol. The molecule has 1 aliphatic rings. The Balaban J connectivity index is 0.000000490. The van der Waals surface area contributed by atoms with E-state index in [1.807, 2.05) is 0 Å². The van der Waals surface area contributed by atoms with Crippen molar-refractivity contribution in [1.29, 1.82) is 0 Å². The summed E-state index contributed by atoms with van der Waals surface area (Å²) in [5.74, 6) is 0. The fourth-order valence-corrected chi connectivity index (χ4v) is 1.13. The summed E-state index contributed by atoms with van der Waals surface area (Å²) in [6, 6.07) is 0.536. The number of hydrogen-bond acceptors (Lipinski definition) is 1. The van der Waals surface area contributed by atoms with Gasteiger partial charge in [-0.15, -0.1) is 0 Å². The third-order valence-corrected chi connectivity index (χ3v) is 1.65. The molecule has 2 N–H and O–H groups in total. The molecule has 0 aliphatic heterocycles. The molecule has 1 rings (SSSR count). The predicted octanol–water partition coefficient (Wildman–Crippen LogP) is 0.897. The Labute approximate surface area is 81.0 Å². The van der Waals surface area contributed by atoms with Gasteiger partial charge >= 0.3 is 0 Å². The van der Waals surface area contributed by atoms with Gasteiger partial charge in [0.25, 0.3) is 0 Å². The van der Waals surface area contributed by atoms with Gasteiger partial charge in [-0.1, -0.05) is 19.3 Å². The van der Waals surface area contributed by atoms with Crippen molar-refractivity contribution in [3.8, 4) is 0 Å². The van der Waals surface area contributed by atoms with Crippen LogP contribution in [0.3, 0.4) is 0 Å². The van der Waals surface area contributed by atoms with E-state index in [1.54, 1.807) is 0 Å². The minimum Gasteiger partial charge on any atom is -0.328 e. The Morgan fingerprint density at radius 1 is 1.00 bits per heavy atom. The fourth-order valence-electron chi connectivity index (χ4n) is 1.13. The summed E-state index contributed by atoms with van der Waals surface area (Å²) >= 11 is 0. The van der Waals surface area contributed by atoms with Gasteiger partial charge in [0.2, 0.25) is 0 Å². The maximum Gasteiger partial charge on any atom is 0.00388 e. The summed E-state index contributed by atoms with van der Waals surface area (Å²) in [7, 11) is 0. The predicted molar refractivity (Wildman–Crippen MR) is 36.8 cm³/mol. The summed E-state index contributed by atoms with van der Waals surface area (Å²) < 4.78 is 0. The van der Waals surface area contributed by atoms with Crippen LogP contribution in [0.25, 0.3) is 0 Å². The molecule has 2 heteroatoms. The van der Waals surface area contributed by atoms with Crippen molar-refractivity contribution in [3.63, 3.8) is 0 Å². The second-order valence-corrected chi connectivity index (χ2v) is 2.40. The zero-order valence-corrected chi connectivity index (χ0v) is 7.61. The molecule has 0 heterocycles. The van der Waals surface area contributed by atoms with Crippen LogP contribution in [-0.4, -0.2) is 43.8 Å². The third-order valence-electron chi connectivity index (χ3n) is 1.65. The zero-order valence-electron chi connectivity index (χ0n) is 5.40. The van der Waals surface area contributed by atoms with Crippen molar-refractivity contribution in [2.45, 2.75) is 38.1 Å². The van der Waals surface area contributed by atoms with E-state index in [4.69, 9.17) is 5.73 Å². The van der Waals surface area contributed by atoms with Crippen LogP contribution in [0.15, 0.2) is 0 Å². The van der Waals surface area contributed by atoms with Crippen molar-refractivity contribution < 1.29 is 0 Å².